The number of benzene rings is 1. The summed E-state index contributed by atoms with van der Waals surface area (Å²) in [6.45, 7) is 11.3. The zero-order valence-electron chi connectivity index (χ0n) is 12.5. The maximum Gasteiger partial charge on any atom is 0.0796 e. The lowest BCUT2D eigenvalue weighted by atomic mass is 10.1. The van der Waals surface area contributed by atoms with Crippen LogP contribution in [0, 0.1) is 6.92 Å². The lowest BCUT2D eigenvalue weighted by Crippen LogP contribution is -2.37. The number of hydrogen-bond donors (Lipinski definition) is 0. The lowest BCUT2D eigenvalue weighted by Gasteiger charge is -2.19. The molecule has 1 aromatic heterocycles. The van der Waals surface area contributed by atoms with Gasteiger partial charge in [0.15, 0.2) is 0 Å². The second-order valence-electron chi connectivity index (χ2n) is 6.14. The highest BCUT2D eigenvalue weighted by atomic mass is 28.3. The van der Waals surface area contributed by atoms with Crippen molar-refractivity contribution in [2.75, 3.05) is 0 Å². The molecule has 1 atom stereocenters. The summed E-state index contributed by atoms with van der Waals surface area (Å²) < 4.78 is 1.97. The molecule has 0 aliphatic carbocycles. The van der Waals surface area contributed by atoms with Gasteiger partial charge in [0.25, 0.3) is 0 Å². The first-order valence-electron chi connectivity index (χ1n) is 6.90. The van der Waals surface area contributed by atoms with Crippen molar-refractivity contribution in [3.8, 4) is 0 Å². The Kier molecular flexibility index (Phi) is 3.90. The summed E-state index contributed by atoms with van der Waals surface area (Å²) in [5.74, 6) is 0. The number of aryl methyl sites for hydroxylation is 1. The minimum Gasteiger partial charge on any atom is -0.245 e. The maximum absolute atomic E-state index is 4.21. The van der Waals surface area contributed by atoms with Crippen LogP contribution < -0.4 is 5.19 Å². The van der Waals surface area contributed by atoms with Crippen LogP contribution in [0.25, 0.3) is 0 Å². The van der Waals surface area contributed by atoms with Crippen LogP contribution in [0.3, 0.4) is 0 Å². The molecule has 0 spiro atoms. The van der Waals surface area contributed by atoms with Crippen molar-refractivity contribution >= 4 is 13.3 Å². The Hall–Kier alpha value is -1.42. The van der Waals surface area contributed by atoms with E-state index in [0.29, 0.717) is 0 Å². The second kappa shape index (κ2) is 5.29. The Morgan fingerprint density at radius 1 is 1.16 bits per heavy atom. The summed E-state index contributed by atoms with van der Waals surface area (Å²) in [6, 6.07) is 9.36. The lowest BCUT2D eigenvalue weighted by molar-refractivity contribution is 0.493. The normalized spacial score (nSPS) is 13.5. The molecule has 0 aliphatic heterocycles. The topological polar surface area (TPSA) is 30.7 Å². The number of nitrogens with zero attached hydrogens (tertiary/aromatic N) is 3. The first kappa shape index (κ1) is 14.0. The molecule has 0 radical (unpaired) electrons. The van der Waals surface area contributed by atoms with Crippen LogP contribution in [0.4, 0.5) is 0 Å². The predicted octanol–water partition coefficient (Wildman–Crippen LogP) is 3.13. The summed E-state index contributed by atoms with van der Waals surface area (Å²) in [6.07, 6.45) is 3.04. The van der Waals surface area contributed by atoms with Gasteiger partial charge in [0.2, 0.25) is 0 Å². The van der Waals surface area contributed by atoms with Crippen molar-refractivity contribution in [3.63, 3.8) is 0 Å². The molecular weight excluding hydrogens is 250 g/mol. The summed E-state index contributed by atoms with van der Waals surface area (Å²) in [5, 5.41) is 9.80. The average molecular weight is 273 g/mol. The molecule has 0 fully saturated rings. The molecule has 1 heterocycles. The highest BCUT2D eigenvalue weighted by Crippen LogP contribution is 2.20. The highest BCUT2D eigenvalue weighted by Gasteiger charge is 2.18. The second-order valence-corrected chi connectivity index (χ2v) is 11.2. The molecule has 1 unspecified atom stereocenters. The minimum absolute atomic E-state index is 0.289. The zero-order chi connectivity index (χ0) is 14.0. The standard InChI is InChI=1S/C15H23N3Si/c1-6-15(18-11-12(2)16-17-18)13-7-9-14(10-8-13)19(3,4)5/h7-11,15H,6H2,1-5H3. The van der Waals surface area contributed by atoms with Crippen LogP contribution in [-0.2, 0) is 0 Å². The molecule has 0 amide bonds. The zero-order valence-corrected chi connectivity index (χ0v) is 13.5. The van der Waals surface area contributed by atoms with E-state index in [4.69, 9.17) is 0 Å². The van der Waals surface area contributed by atoms with E-state index in [0.717, 1.165) is 12.1 Å². The third-order valence-electron chi connectivity index (χ3n) is 3.49. The molecule has 0 N–H and O–H groups in total. The van der Waals surface area contributed by atoms with Gasteiger partial charge in [0.1, 0.15) is 0 Å². The molecule has 0 saturated heterocycles. The monoisotopic (exact) mass is 273 g/mol. The van der Waals surface area contributed by atoms with Gasteiger partial charge in [-0.1, -0.05) is 61.2 Å². The van der Waals surface area contributed by atoms with E-state index in [1.807, 2.05) is 17.8 Å². The summed E-state index contributed by atoms with van der Waals surface area (Å²) in [4.78, 5) is 0. The number of hydrogen-bond acceptors (Lipinski definition) is 2. The van der Waals surface area contributed by atoms with Gasteiger partial charge in [-0.3, -0.25) is 0 Å². The fourth-order valence-electron chi connectivity index (χ4n) is 2.30. The largest absolute Gasteiger partial charge is 0.245 e. The first-order valence-corrected chi connectivity index (χ1v) is 10.4. The van der Waals surface area contributed by atoms with Crippen LogP contribution in [0.5, 0.6) is 0 Å². The quantitative estimate of drug-likeness (QED) is 0.801. The van der Waals surface area contributed by atoms with E-state index in [1.165, 1.54) is 10.8 Å². The van der Waals surface area contributed by atoms with Crippen LogP contribution >= 0.6 is 0 Å². The third-order valence-corrected chi connectivity index (χ3v) is 5.56. The van der Waals surface area contributed by atoms with E-state index in [2.05, 4.69) is 61.1 Å². The molecular formula is C15H23N3Si. The third kappa shape index (κ3) is 3.12. The summed E-state index contributed by atoms with van der Waals surface area (Å²) in [5.41, 5.74) is 2.28. The molecule has 1 aromatic carbocycles. The molecule has 0 saturated carbocycles. The predicted molar refractivity (Wildman–Crippen MR) is 82.6 cm³/mol. The van der Waals surface area contributed by atoms with Crippen molar-refractivity contribution in [3.05, 3.63) is 41.7 Å². The molecule has 3 nitrogen and oxygen atoms in total. The van der Waals surface area contributed by atoms with Crippen LogP contribution in [0.2, 0.25) is 19.6 Å². The average Bonchev–Trinajstić information content (AvgIpc) is 2.76. The Balaban J connectivity index is 2.30. The van der Waals surface area contributed by atoms with Gasteiger partial charge in [0, 0.05) is 6.20 Å². The van der Waals surface area contributed by atoms with Crippen LogP contribution in [-0.4, -0.2) is 23.1 Å². The molecule has 4 heteroatoms. The Morgan fingerprint density at radius 2 is 1.79 bits per heavy atom. The number of rotatable bonds is 4. The smallest absolute Gasteiger partial charge is 0.0796 e. The fraction of sp³-hybridized carbons (Fsp3) is 0.467. The van der Waals surface area contributed by atoms with Gasteiger partial charge >= 0.3 is 0 Å². The Morgan fingerprint density at radius 3 is 2.21 bits per heavy atom. The van der Waals surface area contributed by atoms with E-state index < -0.39 is 8.07 Å². The summed E-state index contributed by atoms with van der Waals surface area (Å²) >= 11 is 0. The van der Waals surface area contributed by atoms with Gasteiger partial charge in [-0.2, -0.15) is 0 Å². The van der Waals surface area contributed by atoms with E-state index in [-0.39, 0.29) is 6.04 Å². The Bertz CT molecular complexity index is 537. The van der Waals surface area contributed by atoms with Gasteiger partial charge in [-0.25, -0.2) is 4.68 Å². The molecule has 0 bridgehead atoms. The molecule has 0 aliphatic rings. The molecule has 2 aromatic rings. The van der Waals surface area contributed by atoms with E-state index in [9.17, 15) is 0 Å². The van der Waals surface area contributed by atoms with Gasteiger partial charge in [-0.15, -0.1) is 5.10 Å². The molecule has 102 valence electrons. The van der Waals surface area contributed by atoms with Gasteiger partial charge in [0.05, 0.1) is 19.8 Å². The maximum atomic E-state index is 4.21. The van der Waals surface area contributed by atoms with E-state index in [1.54, 1.807) is 0 Å². The Labute approximate surface area is 116 Å². The van der Waals surface area contributed by atoms with Crippen LogP contribution in [0.15, 0.2) is 30.5 Å². The molecule has 19 heavy (non-hydrogen) atoms. The van der Waals surface area contributed by atoms with Crippen molar-refractivity contribution in [2.24, 2.45) is 0 Å². The van der Waals surface area contributed by atoms with Gasteiger partial charge < -0.3 is 0 Å². The summed E-state index contributed by atoms with van der Waals surface area (Å²) in [7, 11) is -1.21. The van der Waals surface area contributed by atoms with E-state index >= 15 is 0 Å². The molecule has 2 rings (SSSR count). The highest BCUT2D eigenvalue weighted by molar-refractivity contribution is 6.88. The van der Waals surface area contributed by atoms with Crippen molar-refractivity contribution in [2.45, 2.75) is 46.0 Å². The SMILES string of the molecule is CCC(c1ccc([Si](C)(C)C)cc1)n1cc(C)nn1. The van der Waals surface area contributed by atoms with Crippen LogP contribution in [0.1, 0.15) is 30.6 Å². The van der Waals surface area contributed by atoms with Crippen molar-refractivity contribution in [1.29, 1.82) is 0 Å². The minimum atomic E-state index is -1.21. The van der Waals surface area contributed by atoms with Crippen molar-refractivity contribution < 1.29 is 0 Å². The van der Waals surface area contributed by atoms with Crippen molar-refractivity contribution in [1.82, 2.24) is 15.0 Å². The number of aromatic nitrogens is 3. The van der Waals surface area contributed by atoms with Gasteiger partial charge in [-0.05, 0) is 18.9 Å². The fourth-order valence-corrected chi connectivity index (χ4v) is 3.46. The first-order chi connectivity index (χ1) is 8.91.